The van der Waals surface area contributed by atoms with Crippen molar-refractivity contribution in [2.24, 2.45) is 0 Å². The fourth-order valence-corrected chi connectivity index (χ4v) is 3.19. The van der Waals surface area contributed by atoms with Crippen LogP contribution in [-0.4, -0.2) is 34.2 Å². The van der Waals surface area contributed by atoms with Gasteiger partial charge in [-0.1, -0.05) is 66.7 Å². The molecule has 0 fully saturated rings. The molecule has 0 unspecified atom stereocenters. The number of hydrogen-bond acceptors (Lipinski definition) is 3. The molecule has 4 rings (SSSR count). The van der Waals surface area contributed by atoms with Gasteiger partial charge in [0.2, 0.25) is 0 Å². The number of rotatable bonds is 7. The fourth-order valence-electron chi connectivity index (χ4n) is 3.19. The van der Waals surface area contributed by atoms with Gasteiger partial charge in [-0.3, -0.25) is 4.79 Å². The van der Waals surface area contributed by atoms with Gasteiger partial charge in [0, 0.05) is 30.9 Å². The van der Waals surface area contributed by atoms with E-state index in [1.54, 1.807) is 11.9 Å². The van der Waals surface area contributed by atoms with Crippen LogP contribution < -0.4 is 4.74 Å². The molecule has 1 heterocycles. The Morgan fingerprint density at radius 2 is 1.50 bits per heavy atom. The Hall–Kier alpha value is -3.86. The first-order valence-electron chi connectivity index (χ1n) is 9.82. The van der Waals surface area contributed by atoms with Crippen molar-refractivity contribution < 1.29 is 9.53 Å². The number of hydrogen-bond donors (Lipinski definition) is 0. The Morgan fingerprint density at radius 3 is 2.17 bits per heavy atom. The van der Waals surface area contributed by atoms with Crippen LogP contribution in [0.2, 0.25) is 0 Å². The number of benzene rings is 3. The standard InChI is InChI=1S/C25H23N3O2/c1-27(24(29)19-30-23-15-9-4-10-16-23)17-21-18-28(22-13-7-3-8-14-22)26-25(21)20-11-5-2-6-12-20/h2-16,18H,17,19H2,1H3. The lowest BCUT2D eigenvalue weighted by Crippen LogP contribution is -2.31. The maximum Gasteiger partial charge on any atom is 0.260 e. The van der Waals surface area contributed by atoms with Gasteiger partial charge in [-0.2, -0.15) is 5.10 Å². The largest absolute Gasteiger partial charge is 0.484 e. The van der Waals surface area contributed by atoms with E-state index >= 15 is 0 Å². The topological polar surface area (TPSA) is 47.4 Å². The summed E-state index contributed by atoms with van der Waals surface area (Å²) in [4.78, 5) is 14.3. The van der Waals surface area contributed by atoms with E-state index in [0.717, 1.165) is 22.5 Å². The van der Waals surface area contributed by atoms with Crippen molar-refractivity contribution in [1.82, 2.24) is 14.7 Å². The van der Waals surface area contributed by atoms with E-state index in [0.29, 0.717) is 12.3 Å². The smallest absolute Gasteiger partial charge is 0.260 e. The summed E-state index contributed by atoms with van der Waals surface area (Å²) in [6, 6.07) is 29.3. The van der Waals surface area contributed by atoms with E-state index in [-0.39, 0.29) is 12.5 Å². The van der Waals surface area contributed by atoms with Crippen molar-refractivity contribution in [2.45, 2.75) is 6.54 Å². The SMILES string of the molecule is CN(Cc1cn(-c2ccccc2)nc1-c1ccccc1)C(=O)COc1ccccc1. The van der Waals surface area contributed by atoms with E-state index in [1.807, 2.05) is 102 Å². The zero-order chi connectivity index (χ0) is 20.8. The van der Waals surface area contributed by atoms with Crippen LogP contribution in [0.3, 0.4) is 0 Å². The molecule has 0 saturated heterocycles. The predicted molar refractivity (Wildman–Crippen MR) is 117 cm³/mol. The molecule has 0 N–H and O–H groups in total. The Kier molecular flexibility index (Phi) is 5.90. The van der Waals surface area contributed by atoms with Gasteiger partial charge < -0.3 is 9.64 Å². The predicted octanol–water partition coefficient (Wildman–Crippen LogP) is 4.58. The number of ether oxygens (including phenoxy) is 1. The first kappa shape index (κ1) is 19.5. The van der Waals surface area contributed by atoms with Gasteiger partial charge in [0.1, 0.15) is 5.75 Å². The number of aromatic nitrogens is 2. The van der Waals surface area contributed by atoms with Gasteiger partial charge in [-0.15, -0.1) is 0 Å². The van der Waals surface area contributed by atoms with E-state index in [2.05, 4.69) is 0 Å². The van der Waals surface area contributed by atoms with E-state index < -0.39 is 0 Å². The van der Waals surface area contributed by atoms with Crippen LogP contribution in [0, 0.1) is 0 Å². The summed E-state index contributed by atoms with van der Waals surface area (Å²) in [5.74, 6) is 0.589. The molecule has 5 nitrogen and oxygen atoms in total. The van der Waals surface area contributed by atoms with Gasteiger partial charge in [-0.25, -0.2) is 4.68 Å². The van der Waals surface area contributed by atoms with Crippen LogP contribution in [0.4, 0.5) is 0 Å². The fraction of sp³-hybridized carbons (Fsp3) is 0.120. The number of carbonyl (C=O) groups is 1. The number of likely N-dealkylation sites (N-methyl/N-ethyl adjacent to an activating group) is 1. The molecule has 5 heteroatoms. The Morgan fingerprint density at radius 1 is 0.900 bits per heavy atom. The lowest BCUT2D eigenvalue weighted by atomic mass is 10.1. The number of amides is 1. The monoisotopic (exact) mass is 397 g/mol. The molecule has 1 aromatic heterocycles. The van der Waals surface area contributed by atoms with E-state index in [9.17, 15) is 4.79 Å². The van der Waals surface area contributed by atoms with Crippen LogP contribution >= 0.6 is 0 Å². The molecule has 0 saturated carbocycles. The lowest BCUT2D eigenvalue weighted by Gasteiger charge is -2.17. The number of nitrogens with zero attached hydrogens (tertiary/aromatic N) is 3. The minimum atomic E-state index is -0.0923. The second-order valence-corrected chi connectivity index (χ2v) is 7.00. The molecule has 1 amide bonds. The Bertz CT molecular complexity index is 1090. The van der Waals surface area contributed by atoms with Crippen LogP contribution in [0.15, 0.2) is 97.2 Å². The minimum absolute atomic E-state index is 0.00595. The molecule has 0 spiro atoms. The summed E-state index contributed by atoms with van der Waals surface area (Å²) >= 11 is 0. The first-order chi connectivity index (χ1) is 14.7. The summed E-state index contributed by atoms with van der Waals surface area (Å²) in [7, 11) is 1.78. The van der Waals surface area contributed by atoms with Crippen molar-refractivity contribution in [3.05, 3.63) is 103 Å². The van der Waals surface area contributed by atoms with Crippen molar-refractivity contribution >= 4 is 5.91 Å². The average molecular weight is 397 g/mol. The van der Waals surface area contributed by atoms with E-state index in [1.165, 1.54) is 0 Å². The summed E-state index contributed by atoms with van der Waals surface area (Å²) in [6.07, 6.45) is 1.99. The first-order valence-corrected chi connectivity index (χ1v) is 9.82. The average Bonchev–Trinajstić information content (AvgIpc) is 3.23. The summed E-state index contributed by atoms with van der Waals surface area (Å²) in [5, 5.41) is 4.80. The maximum atomic E-state index is 12.6. The highest BCUT2D eigenvalue weighted by Gasteiger charge is 2.17. The van der Waals surface area contributed by atoms with Gasteiger partial charge in [0.25, 0.3) is 5.91 Å². The zero-order valence-electron chi connectivity index (χ0n) is 16.8. The molecule has 3 aromatic carbocycles. The molecule has 0 aliphatic heterocycles. The lowest BCUT2D eigenvalue weighted by molar-refractivity contribution is -0.132. The van der Waals surface area contributed by atoms with Crippen molar-refractivity contribution in [3.8, 4) is 22.7 Å². The molecule has 30 heavy (non-hydrogen) atoms. The second-order valence-electron chi connectivity index (χ2n) is 7.00. The highest BCUT2D eigenvalue weighted by Crippen LogP contribution is 2.24. The minimum Gasteiger partial charge on any atom is -0.484 e. The highest BCUT2D eigenvalue weighted by molar-refractivity contribution is 5.78. The molecule has 0 atom stereocenters. The van der Waals surface area contributed by atoms with Crippen LogP contribution in [0.1, 0.15) is 5.56 Å². The number of para-hydroxylation sites is 2. The molecule has 0 bridgehead atoms. The van der Waals surface area contributed by atoms with Crippen LogP contribution in [0.25, 0.3) is 16.9 Å². The third-order valence-corrected chi connectivity index (χ3v) is 4.80. The third kappa shape index (κ3) is 4.58. The van der Waals surface area contributed by atoms with Gasteiger partial charge in [0.05, 0.1) is 11.4 Å². The highest BCUT2D eigenvalue weighted by atomic mass is 16.5. The van der Waals surface area contributed by atoms with E-state index in [4.69, 9.17) is 9.84 Å². The molecular weight excluding hydrogens is 374 g/mol. The molecule has 0 aliphatic rings. The van der Waals surface area contributed by atoms with Crippen molar-refractivity contribution in [3.63, 3.8) is 0 Å². The normalized spacial score (nSPS) is 10.6. The maximum absolute atomic E-state index is 12.6. The number of carbonyl (C=O) groups excluding carboxylic acids is 1. The third-order valence-electron chi connectivity index (χ3n) is 4.80. The van der Waals surface area contributed by atoms with Crippen molar-refractivity contribution in [1.29, 1.82) is 0 Å². The van der Waals surface area contributed by atoms with Crippen molar-refractivity contribution in [2.75, 3.05) is 13.7 Å². The zero-order valence-corrected chi connectivity index (χ0v) is 16.8. The molecule has 150 valence electrons. The summed E-state index contributed by atoms with van der Waals surface area (Å²) in [6.45, 7) is 0.433. The van der Waals surface area contributed by atoms with Crippen LogP contribution in [-0.2, 0) is 11.3 Å². The van der Waals surface area contributed by atoms with Gasteiger partial charge in [0.15, 0.2) is 6.61 Å². The van der Waals surface area contributed by atoms with Crippen LogP contribution in [0.5, 0.6) is 5.75 Å². The second kappa shape index (κ2) is 9.09. The molecular formula is C25H23N3O2. The molecule has 0 aliphatic carbocycles. The molecule has 0 radical (unpaired) electrons. The quantitative estimate of drug-likeness (QED) is 0.459. The Balaban J connectivity index is 1.54. The van der Waals surface area contributed by atoms with Gasteiger partial charge >= 0.3 is 0 Å². The van der Waals surface area contributed by atoms with Gasteiger partial charge in [-0.05, 0) is 24.3 Å². The summed E-state index contributed by atoms with van der Waals surface area (Å²) < 4.78 is 7.46. The molecule has 4 aromatic rings. The summed E-state index contributed by atoms with van der Waals surface area (Å²) in [5.41, 5.74) is 3.83. The Labute approximate surface area is 176 Å².